The van der Waals surface area contributed by atoms with Crippen LogP contribution in [-0.4, -0.2) is 21.3 Å². The Balaban J connectivity index is 1.78. The van der Waals surface area contributed by atoms with Crippen LogP contribution >= 0.6 is 23.2 Å². The van der Waals surface area contributed by atoms with Gasteiger partial charge in [0, 0.05) is 23.1 Å². The second kappa shape index (κ2) is 9.08. The first-order valence-electron chi connectivity index (χ1n) is 9.56. The van der Waals surface area contributed by atoms with Crippen LogP contribution < -0.4 is 16.2 Å². The summed E-state index contributed by atoms with van der Waals surface area (Å²) in [6, 6.07) is 13.8. The van der Waals surface area contributed by atoms with Gasteiger partial charge in [-0.05, 0) is 50.6 Å². The zero-order chi connectivity index (χ0) is 22.0. The van der Waals surface area contributed by atoms with E-state index in [0.29, 0.717) is 15.7 Å². The van der Waals surface area contributed by atoms with Crippen molar-refractivity contribution in [1.29, 1.82) is 0 Å². The topological polar surface area (TPSA) is 68.1 Å². The van der Waals surface area contributed by atoms with Gasteiger partial charge in [-0.15, -0.1) is 0 Å². The van der Waals surface area contributed by atoms with Crippen molar-refractivity contribution in [1.82, 2.24) is 14.7 Å². The predicted molar refractivity (Wildman–Crippen MR) is 122 cm³/mol. The number of benzene rings is 2. The van der Waals surface area contributed by atoms with E-state index in [-0.39, 0.29) is 23.2 Å². The van der Waals surface area contributed by atoms with Crippen molar-refractivity contribution in [3.8, 4) is 5.69 Å². The number of carbonyl (C=O) groups excluding carboxylic acids is 1. The fraction of sp³-hybridized carbons (Fsp3) is 0.273. The normalized spacial score (nSPS) is 13.1. The molecule has 0 saturated carbocycles. The van der Waals surface area contributed by atoms with E-state index in [1.165, 1.54) is 4.68 Å². The van der Waals surface area contributed by atoms with Crippen LogP contribution in [0.5, 0.6) is 0 Å². The number of rotatable bonds is 6. The Morgan fingerprint density at radius 3 is 2.37 bits per heavy atom. The van der Waals surface area contributed by atoms with Gasteiger partial charge < -0.3 is 5.32 Å². The van der Waals surface area contributed by atoms with E-state index in [1.54, 1.807) is 37.7 Å². The molecular weight excluding hydrogens is 423 g/mol. The van der Waals surface area contributed by atoms with E-state index in [1.807, 2.05) is 43.3 Å². The molecule has 0 aliphatic rings. The van der Waals surface area contributed by atoms with Gasteiger partial charge in [0.15, 0.2) is 0 Å². The molecule has 0 unspecified atom stereocenters. The van der Waals surface area contributed by atoms with Crippen molar-refractivity contribution < 1.29 is 4.79 Å². The summed E-state index contributed by atoms with van der Waals surface area (Å²) in [6.07, 6.45) is 0. The Labute approximate surface area is 185 Å². The van der Waals surface area contributed by atoms with Gasteiger partial charge in [-0.2, -0.15) is 0 Å². The molecule has 2 atom stereocenters. The zero-order valence-corrected chi connectivity index (χ0v) is 18.8. The number of nitrogens with one attached hydrogen (secondary N) is 2. The highest BCUT2D eigenvalue weighted by molar-refractivity contribution is 6.35. The van der Waals surface area contributed by atoms with E-state index >= 15 is 0 Å². The van der Waals surface area contributed by atoms with E-state index in [4.69, 9.17) is 23.2 Å². The molecule has 0 spiro atoms. The molecule has 0 bridgehead atoms. The first-order valence-corrected chi connectivity index (χ1v) is 10.3. The van der Waals surface area contributed by atoms with Gasteiger partial charge in [-0.25, -0.2) is 4.68 Å². The Bertz CT molecular complexity index is 1120. The molecule has 0 saturated heterocycles. The van der Waals surface area contributed by atoms with Crippen molar-refractivity contribution in [3.63, 3.8) is 0 Å². The quantitative estimate of drug-likeness (QED) is 0.586. The van der Waals surface area contributed by atoms with Crippen LogP contribution in [0.4, 0.5) is 5.69 Å². The highest BCUT2D eigenvalue weighted by atomic mass is 35.5. The van der Waals surface area contributed by atoms with Gasteiger partial charge in [0.25, 0.3) is 5.56 Å². The minimum atomic E-state index is -0.559. The van der Waals surface area contributed by atoms with Gasteiger partial charge in [0.2, 0.25) is 5.91 Å². The summed E-state index contributed by atoms with van der Waals surface area (Å²) in [4.78, 5) is 25.8. The summed E-state index contributed by atoms with van der Waals surface area (Å²) in [5, 5.41) is 7.07. The summed E-state index contributed by atoms with van der Waals surface area (Å²) in [5.41, 5.74) is 2.21. The summed E-state index contributed by atoms with van der Waals surface area (Å²) in [5.74, 6) is -0.307. The number of hydrogen-bond donors (Lipinski definition) is 2. The average molecular weight is 447 g/mol. The van der Waals surface area contributed by atoms with Gasteiger partial charge in [0.05, 0.1) is 17.4 Å². The smallest absolute Gasteiger partial charge is 0.295 e. The van der Waals surface area contributed by atoms with Crippen LogP contribution in [0.2, 0.25) is 10.0 Å². The number of nitrogens with zero attached hydrogens (tertiary/aromatic N) is 2. The van der Waals surface area contributed by atoms with Crippen molar-refractivity contribution in [2.24, 2.45) is 7.05 Å². The van der Waals surface area contributed by atoms with Crippen LogP contribution in [0.3, 0.4) is 0 Å². The molecule has 0 radical (unpaired) electrons. The van der Waals surface area contributed by atoms with Crippen LogP contribution in [0.1, 0.15) is 31.1 Å². The number of carbonyl (C=O) groups is 1. The second-order valence-corrected chi connectivity index (χ2v) is 8.05. The molecule has 6 nitrogen and oxygen atoms in total. The van der Waals surface area contributed by atoms with Crippen molar-refractivity contribution in [3.05, 3.63) is 80.2 Å². The van der Waals surface area contributed by atoms with Crippen LogP contribution in [-0.2, 0) is 11.8 Å². The number of halogens is 2. The van der Waals surface area contributed by atoms with E-state index in [9.17, 15) is 9.59 Å². The second-order valence-electron chi connectivity index (χ2n) is 7.20. The molecule has 1 aromatic heterocycles. The standard InChI is InChI=1S/C22H24Cl2N4O2/c1-13(18-11-10-16(23)12-19(18)24)25-14(2)21(29)26-20-15(3)27(4)28(22(20)30)17-8-6-5-7-9-17/h5-14,25H,1-4H3,(H,26,29)/t13-,14+/m0/s1. The average Bonchev–Trinajstić information content (AvgIpc) is 2.91. The molecule has 1 amide bonds. The number of para-hydroxylation sites is 1. The van der Waals surface area contributed by atoms with Crippen molar-refractivity contribution >= 4 is 34.8 Å². The maximum atomic E-state index is 13.0. The third-order valence-electron chi connectivity index (χ3n) is 5.12. The first-order chi connectivity index (χ1) is 14.2. The molecule has 0 fully saturated rings. The molecular formula is C22H24Cl2N4O2. The fourth-order valence-electron chi connectivity index (χ4n) is 3.34. The minimum absolute atomic E-state index is 0.187. The molecule has 2 N–H and O–H groups in total. The summed E-state index contributed by atoms with van der Waals surface area (Å²) in [7, 11) is 1.78. The van der Waals surface area contributed by atoms with E-state index < -0.39 is 6.04 Å². The van der Waals surface area contributed by atoms with Crippen molar-refractivity contribution in [2.75, 3.05) is 5.32 Å². The van der Waals surface area contributed by atoms with Gasteiger partial charge in [0.1, 0.15) is 5.69 Å². The maximum Gasteiger partial charge on any atom is 0.295 e. The predicted octanol–water partition coefficient (Wildman–Crippen LogP) is 4.47. The third-order valence-corrected chi connectivity index (χ3v) is 5.69. The molecule has 2 aromatic carbocycles. The van der Waals surface area contributed by atoms with Crippen LogP contribution in [0.25, 0.3) is 5.69 Å². The first kappa shape index (κ1) is 22.2. The lowest BCUT2D eigenvalue weighted by Gasteiger charge is -2.20. The molecule has 3 aromatic rings. The van der Waals surface area contributed by atoms with Crippen molar-refractivity contribution in [2.45, 2.75) is 32.9 Å². The van der Waals surface area contributed by atoms with E-state index in [2.05, 4.69) is 10.6 Å². The fourth-order valence-corrected chi connectivity index (χ4v) is 3.91. The lowest BCUT2D eigenvalue weighted by Crippen LogP contribution is -2.40. The maximum absolute atomic E-state index is 13.0. The summed E-state index contributed by atoms with van der Waals surface area (Å²) in [6.45, 7) is 5.45. The molecule has 8 heteroatoms. The highest BCUT2D eigenvalue weighted by Crippen LogP contribution is 2.26. The number of hydrogen-bond acceptors (Lipinski definition) is 3. The molecule has 1 heterocycles. The SMILES string of the molecule is Cc1c(NC(=O)[C@@H](C)N[C@@H](C)c2ccc(Cl)cc2Cl)c(=O)n(-c2ccccc2)n1C. The third kappa shape index (κ3) is 4.46. The van der Waals surface area contributed by atoms with Gasteiger partial charge in [-0.1, -0.05) is 47.5 Å². The minimum Gasteiger partial charge on any atom is -0.319 e. The molecule has 30 heavy (non-hydrogen) atoms. The zero-order valence-electron chi connectivity index (χ0n) is 17.2. The molecule has 158 valence electrons. The lowest BCUT2D eigenvalue weighted by molar-refractivity contribution is -0.117. The lowest BCUT2D eigenvalue weighted by atomic mass is 10.1. The summed E-state index contributed by atoms with van der Waals surface area (Å²) >= 11 is 12.2. The monoisotopic (exact) mass is 446 g/mol. The molecule has 0 aliphatic heterocycles. The number of amides is 1. The van der Waals surface area contributed by atoms with E-state index in [0.717, 1.165) is 11.3 Å². The highest BCUT2D eigenvalue weighted by Gasteiger charge is 2.22. The Morgan fingerprint density at radius 1 is 1.07 bits per heavy atom. The van der Waals surface area contributed by atoms with Gasteiger partial charge >= 0.3 is 0 Å². The molecule has 0 aliphatic carbocycles. The largest absolute Gasteiger partial charge is 0.319 e. The van der Waals surface area contributed by atoms with Crippen LogP contribution in [0, 0.1) is 6.92 Å². The van der Waals surface area contributed by atoms with Gasteiger partial charge in [-0.3, -0.25) is 19.6 Å². The van der Waals surface area contributed by atoms with Crippen LogP contribution in [0.15, 0.2) is 53.3 Å². The Morgan fingerprint density at radius 2 is 1.73 bits per heavy atom. The molecule has 3 rings (SSSR count). The Hall–Kier alpha value is -2.54. The number of aromatic nitrogens is 2. The Kier molecular flexibility index (Phi) is 6.71. The number of anilines is 1. The summed E-state index contributed by atoms with van der Waals surface area (Å²) < 4.78 is 3.25.